The van der Waals surface area contributed by atoms with Gasteiger partial charge in [-0.25, -0.2) is 13.2 Å². The predicted molar refractivity (Wildman–Crippen MR) is 128 cm³/mol. The number of hydrogen-bond donors (Lipinski definition) is 0. The van der Waals surface area contributed by atoms with E-state index in [9.17, 15) is 13.2 Å². The highest BCUT2D eigenvalue weighted by Gasteiger charge is 2.27. The van der Waals surface area contributed by atoms with Gasteiger partial charge < -0.3 is 9.47 Å². The summed E-state index contributed by atoms with van der Waals surface area (Å²) in [6, 6.07) is 15.9. The van der Waals surface area contributed by atoms with E-state index in [-0.39, 0.29) is 30.0 Å². The summed E-state index contributed by atoms with van der Waals surface area (Å²) in [5.41, 5.74) is 3.79. The smallest absolute Gasteiger partial charge is 0.166 e. The summed E-state index contributed by atoms with van der Waals surface area (Å²) in [4.78, 5) is 0. The molecule has 1 aliphatic carbocycles. The van der Waals surface area contributed by atoms with Gasteiger partial charge in [-0.15, -0.1) is 0 Å². The molecule has 0 spiro atoms. The van der Waals surface area contributed by atoms with Crippen LogP contribution >= 0.6 is 0 Å². The van der Waals surface area contributed by atoms with Crippen molar-refractivity contribution >= 4 is 0 Å². The van der Waals surface area contributed by atoms with Crippen LogP contribution < -0.4 is 0 Å². The minimum Gasteiger partial charge on any atom is -0.377 e. The number of aryl methyl sites for hydroxylation is 1. The summed E-state index contributed by atoms with van der Waals surface area (Å²) in [5.74, 6) is -1.85. The van der Waals surface area contributed by atoms with Gasteiger partial charge in [-0.1, -0.05) is 54.1 Å². The second-order valence-corrected chi connectivity index (χ2v) is 9.04. The predicted octanol–water partition coefficient (Wildman–Crippen LogP) is 7.86. The van der Waals surface area contributed by atoms with Crippen LogP contribution in [0.5, 0.6) is 0 Å². The Morgan fingerprint density at radius 1 is 0.824 bits per heavy atom. The number of ether oxygens (including phenoxy) is 2. The number of benzene rings is 3. The Balaban J connectivity index is 1.33. The third-order valence-electron chi connectivity index (χ3n) is 6.65. The van der Waals surface area contributed by atoms with Crippen LogP contribution in [0.25, 0.3) is 11.1 Å². The molecule has 0 saturated heterocycles. The number of halogens is 3. The molecule has 2 nitrogen and oxygen atoms in total. The van der Waals surface area contributed by atoms with Gasteiger partial charge in [-0.2, -0.15) is 0 Å². The molecule has 5 heteroatoms. The maximum absolute atomic E-state index is 15.0. The van der Waals surface area contributed by atoms with Crippen LogP contribution in [0.15, 0.2) is 54.6 Å². The molecule has 34 heavy (non-hydrogen) atoms. The van der Waals surface area contributed by atoms with Crippen molar-refractivity contribution in [3.63, 3.8) is 0 Å². The van der Waals surface area contributed by atoms with Crippen molar-refractivity contribution in [3.05, 3.63) is 94.3 Å². The number of rotatable bonds is 8. The van der Waals surface area contributed by atoms with Crippen LogP contribution in [0, 0.1) is 24.4 Å². The zero-order chi connectivity index (χ0) is 24.1. The third-order valence-corrected chi connectivity index (χ3v) is 6.65. The Labute approximate surface area is 199 Å². The van der Waals surface area contributed by atoms with Gasteiger partial charge in [-0.05, 0) is 68.2 Å². The fraction of sp³-hybridized carbons (Fsp3) is 0.379. The largest absolute Gasteiger partial charge is 0.377 e. The summed E-state index contributed by atoms with van der Waals surface area (Å²) in [6.07, 6.45) is 3.01. The lowest BCUT2D eigenvalue weighted by atomic mass is 9.82. The molecule has 4 rings (SSSR count). The average molecular weight is 469 g/mol. The van der Waals surface area contributed by atoms with Crippen LogP contribution in [-0.2, 0) is 22.7 Å². The topological polar surface area (TPSA) is 18.5 Å². The van der Waals surface area contributed by atoms with Crippen molar-refractivity contribution < 1.29 is 22.6 Å². The normalized spacial score (nSPS) is 18.3. The van der Waals surface area contributed by atoms with Gasteiger partial charge in [0.1, 0.15) is 5.82 Å². The Morgan fingerprint density at radius 2 is 1.56 bits per heavy atom. The van der Waals surface area contributed by atoms with Crippen LogP contribution in [0.3, 0.4) is 0 Å². The monoisotopic (exact) mass is 468 g/mol. The van der Waals surface area contributed by atoms with Gasteiger partial charge in [-0.3, -0.25) is 0 Å². The molecule has 1 saturated carbocycles. The fourth-order valence-electron chi connectivity index (χ4n) is 4.60. The van der Waals surface area contributed by atoms with Crippen molar-refractivity contribution in [3.8, 4) is 11.1 Å². The number of hydrogen-bond acceptors (Lipinski definition) is 2. The van der Waals surface area contributed by atoms with E-state index in [0.29, 0.717) is 29.9 Å². The molecule has 1 aliphatic rings. The Morgan fingerprint density at radius 3 is 2.24 bits per heavy atom. The van der Waals surface area contributed by atoms with E-state index in [2.05, 4.69) is 0 Å². The van der Waals surface area contributed by atoms with Crippen LogP contribution in [0.2, 0.25) is 0 Å². The van der Waals surface area contributed by atoms with Gasteiger partial charge in [0, 0.05) is 17.7 Å². The summed E-state index contributed by atoms with van der Waals surface area (Å²) in [5, 5.41) is 0. The first-order chi connectivity index (χ1) is 16.5. The molecule has 0 amide bonds. The van der Waals surface area contributed by atoms with E-state index >= 15 is 0 Å². The summed E-state index contributed by atoms with van der Waals surface area (Å²) in [7, 11) is 0. The van der Waals surface area contributed by atoms with Crippen molar-refractivity contribution in [2.45, 2.75) is 64.8 Å². The Hall–Kier alpha value is -2.63. The van der Waals surface area contributed by atoms with Gasteiger partial charge in [0.2, 0.25) is 0 Å². The first-order valence-electron chi connectivity index (χ1n) is 12.0. The molecule has 0 aromatic heterocycles. The molecule has 0 bridgehead atoms. The molecule has 0 unspecified atom stereocenters. The Kier molecular flexibility index (Phi) is 8.07. The van der Waals surface area contributed by atoms with E-state index in [4.69, 9.17) is 9.47 Å². The molecule has 3 aromatic carbocycles. The molecule has 0 aliphatic heterocycles. The van der Waals surface area contributed by atoms with E-state index in [1.54, 1.807) is 18.2 Å². The van der Waals surface area contributed by atoms with Crippen molar-refractivity contribution in [2.75, 3.05) is 6.61 Å². The minimum atomic E-state index is -0.783. The molecule has 0 N–H and O–H groups in total. The lowest BCUT2D eigenvalue weighted by Crippen LogP contribution is -2.21. The van der Waals surface area contributed by atoms with Crippen molar-refractivity contribution in [1.29, 1.82) is 0 Å². The molecule has 1 fully saturated rings. The lowest BCUT2D eigenvalue weighted by molar-refractivity contribution is 0.0130. The summed E-state index contributed by atoms with van der Waals surface area (Å²) in [6.45, 7) is 4.97. The van der Waals surface area contributed by atoms with Crippen molar-refractivity contribution in [1.82, 2.24) is 0 Å². The van der Waals surface area contributed by atoms with Crippen LogP contribution in [-0.4, -0.2) is 12.7 Å². The van der Waals surface area contributed by atoms with Crippen molar-refractivity contribution in [2.24, 2.45) is 0 Å². The highest BCUT2D eigenvalue weighted by Crippen LogP contribution is 2.38. The molecule has 3 aromatic rings. The first kappa shape index (κ1) is 24.5. The standard InChI is InChI=1S/C29H31F3O2/c1-3-33-18-23-9-6-20(16-27(23)30)17-34-24-12-10-22(11-13-24)26-15-14-25(28(31)29(26)32)21-7-4-19(2)5-8-21/h4-9,14-16,22,24H,3,10-13,17-18H2,1-2H3. The molecule has 0 radical (unpaired) electrons. The SMILES string of the molecule is CCOCc1ccc(COC2CCC(c3ccc(-c4ccc(C)cc4)c(F)c3F)CC2)cc1F. The third kappa shape index (κ3) is 5.70. The quantitative estimate of drug-likeness (QED) is 0.335. The van der Waals surface area contributed by atoms with E-state index in [1.807, 2.05) is 44.2 Å². The lowest BCUT2D eigenvalue weighted by Gasteiger charge is -2.29. The molecule has 180 valence electrons. The zero-order valence-corrected chi connectivity index (χ0v) is 19.8. The van der Waals surface area contributed by atoms with Crippen LogP contribution in [0.4, 0.5) is 13.2 Å². The highest BCUT2D eigenvalue weighted by molar-refractivity contribution is 5.65. The fourth-order valence-corrected chi connectivity index (χ4v) is 4.60. The summed E-state index contributed by atoms with van der Waals surface area (Å²) < 4.78 is 55.3. The van der Waals surface area contributed by atoms with Crippen LogP contribution in [0.1, 0.15) is 60.8 Å². The van der Waals surface area contributed by atoms with Gasteiger partial charge in [0.05, 0.1) is 19.3 Å². The van der Waals surface area contributed by atoms with E-state index in [1.165, 1.54) is 6.07 Å². The second-order valence-electron chi connectivity index (χ2n) is 9.04. The van der Waals surface area contributed by atoms with Gasteiger partial charge >= 0.3 is 0 Å². The maximum atomic E-state index is 15.0. The van der Waals surface area contributed by atoms with E-state index < -0.39 is 11.6 Å². The molecule has 0 atom stereocenters. The van der Waals surface area contributed by atoms with E-state index in [0.717, 1.165) is 36.8 Å². The second kappa shape index (κ2) is 11.2. The van der Waals surface area contributed by atoms with Gasteiger partial charge in [0.25, 0.3) is 0 Å². The van der Waals surface area contributed by atoms with Gasteiger partial charge in [0.15, 0.2) is 11.6 Å². The Bertz CT molecular complexity index is 1100. The zero-order valence-electron chi connectivity index (χ0n) is 19.8. The average Bonchev–Trinajstić information content (AvgIpc) is 2.85. The summed E-state index contributed by atoms with van der Waals surface area (Å²) >= 11 is 0. The minimum absolute atomic E-state index is 0.0298. The molecule has 0 heterocycles. The first-order valence-corrected chi connectivity index (χ1v) is 12.0. The highest BCUT2D eigenvalue weighted by atomic mass is 19.2. The molecular formula is C29H31F3O2. The maximum Gasteiger partial charge on any atom is 0.166 e. The molecular weight excluding hydrogens is 437 g/mol.